The van der Waals surface area contributed by atoms with E-state index >= 15 is 0 Å². The summed E-state index contributed by atoms with van der Waals surface area (Å²) in [4.78, 5) is 0.327. The largest absolute Gasteiger partial charge is 0.326 e. The molecule has 4 nitrogen and oxygen atoms in total. The third-order valence-corrected chi connectivity index (χ3v) is 5.63. The molecule has 0 saturated heterocycles. The predicted molar refractivity (Wildman–Crippen MR) is 76.9 cm³/mol. The van der Waals surface area contributed by atoms with Crippen molar-refractivity contribution >= 4 is 26.0 Å². The molecule has 0 unspecified atom stereocenters. The first-order valence-corrected chi connectivity index (χ1v) is 8.03. The lowest BCUT2D eigenvalue weighted by Gasteiger charge is -2.19. The number of nitrogens with two attached hydrogens (primary N) is 1. The van der Waals surface area contributed by atoms with Gasteiger partial charge in [0.25, 0.3) is 0 Å². The highest BCUT2D eigenvalue weighted by Gasteiger charge is 2.23. The van der Waals surface area contributed by atoms with Crippen LogP contribution in [0.3, 0.4) is 0 Å². The Bertz CT molecular complexity index is 529. The Balaban J connectivity index is 3.36. The average Bonchev–Trinajstić information content (AvgIpc) is 2.32. The molecule has 0 amide bonds. The molecule has 0 aliphatic carbocycles. The molecule has 1 aromatic carbocycles. The summed E-state index contributed by atoms with van der Waals surface area (Å²) >= 11 is 3.38. The van der Waals surface area contributed by atoms with Crippen molar-refractivity contribution in [3.8, 4) is 0 Å². The normalized spacial score (nSPS) is 12.1. The molecule has 0 spiro atoms. The summed E-state index contributed by atoms with van der Waals surface area (Å²) in [5, 5.41) is 0. The van der Waals surface area contributed by atoms with E-state index < -0.39 is 10.0 Å². The molecule has 0 aromatic heterocycles. The molecular formula is C12H19BrN2O2S. The molecule has 0 atom stereocenters. The number of sulfonamides is 1. The Morgan fingerprint density at radius 1 is 1.39 bits per heavy atom. The van der Waals surface area contributed by atoms with Gasteiger partial charge in [-0.05, 0) is 36.6 Å². The van der Waals surface area contributed by atoms with Crippen LogP contribution in [0.2, 0.25) is 0 Å². The molecule has 0 bridgehead atoms. The first-order chi connectivity index (χ1) is 8.34. The number of nitrogens with zero attached hydrogens (tertiary/aromatic N) is 1. The van der Waals surface area contributed by atoms with E-state index in [1.807, 2.05) is 13.0 Å². The van der Waals surface area contributed by atoms with Crippen molar-refractivity contribution in [3.05, 3.63) is 27.7 Å². The van der Waals surface area contributed by atoms with Crippen LogP contribution in [0.5, 0.6) is 0 Å². The van der Waals surface area contributed by atoms with Crippen LogP contribution in [0.1, 0.15) is 24.5 Å². The van der Waals surface area contributed by atoms with Crippen molar-refractivity contribution in [2.45, 2.75) is 31.7 Å². The lowest BCUT2D eigenvalue weighted by Crippen LogP contribution is -2.28. The molecule has 0 saturated carbocycles. The summed E-state index contributed by atoms with van der Waals surface area (Å²) in [6.45, 7) is 4.56. The van der Waals surface area contributed by atoms with E-state index in [2.05, 4.69) is 15.9 Å². The highest BCUT2D eigenvalue weighted by atomic mass is 79.9. The van der Waals surface area contributed by atoms with E-state index in [-0.39, 0.29) is 0 Å². The van der Waals surface area contributed by atoms with Crippen molar-refractivity contribution in [1.82, 2.24) is 4.31 Å². The SMILES string of the molecule is CCCN(C)S(=O)(=O)c1cc(CN)cc(Br)c1C. The van der Waals surface area contributed by atoms with E-state index in [1.165, 1.54) is 4.31 Å². The van der Waals surface area contributed by atoms with Gasteiger partial charge < -0.3 is 5.73 Å². The van der Waals surface area contributed by atoms with E-state index in [9.17, 15) is 8.42 Å². The lowest BCUT2D eigenvalue weighted by atomic mass is 10.1. The zero-order chi connectivity index (χ0) is 13.9. The molecule has 1 rings (SSSR count). The van der Waals surface area contributed by atoms with Crippen molar-refractivity contribution in [2.24, 2.45) is 5.73 Å². The van der Waals surface area contributed by atoms with Gasteiger partial charge in [-0.2, -0.15) is 0 Å². The van der Waals surface area contributed by atoms with E-state index in [0.717, 1.165) is 22.0 Å². The zero-order valence-corrected chi connectivity index (χ0v) is 13.3. The summed E-state index contributed by atoms with van der Waals surface area (Å²) in [6, 6.07) is 3.51. The van der Waals surface area contributed by atoms with E-state index in [4.69, 9.17) is 5.73 Å². The molecular weight excluding hydrogens is 316 g/mol. The number of hydrogen-bond donors (Lipinski definition) is 1. The van der Waals surface area contributed by atoms with Crippen molar-refractivity contribution in [1.29, 1.82) is 0 Å². The van der Waals surface area contributed by atoms with Crippen LogP contribution in [-0.4, -0.2) is 26.3 Å². The van der Waals surface area contributed by atoms with Crippen molar-refractivity contribution < 1.29 is 8.42 Å². The average molecular weight is 335 g/mol. The maximum absolute atomic E-state index is 12.4. The standard InChI is InChI=1S/C12H19BrN2O2S/c1-4-5-15(3)18(16,17)12-7-10(8-14)6-11(13)9(12)2/h6-7H,4-5,8,14H2,1-3H3. The smallest absolute Gasteiger partial charge is 0.243 e. The second-order valence-electron chi connectivity index (χ2n) is 4.23. The predicted octanol–water partition coefficient (Wildman–Crippen LogP) is 2.25. The van der Waals surface area contributed by atoms with Crippen LogP contribution in [0, 0.1) is 6.92 Å². The number of hydrogen-bond acceptors (Lipinski definition) is 3. The summed E-state index contributed by atoms with van der Waals surface area (Å²) < 4.78 is 27.0. The molecule has 1 aromatic rings. The van der Waals surface area contributed by atoms with E-state index in [0.29, 0.717) is 18.0 Å². The first kappa shape index (κ1) is 15.6. The molecule has 0 radical (unpaired) electrons. The van der Waals surface area contributed by atoms with Crippen molar-refractivity contribution in [3.63, 3.8) is 0 Å². The minimum Gasteiger partial charge on any atom is -0.326 e. The van der Waals surface area contributed by atoms with Gasteiger partial charge in [0.15, 0.2) is 0 Å². The van der Waals surface area contributed by atoms with Crippen LogP contribution in [0.15, 0.2) is 21.5 Å². The number of halogens is 1. The third kappa shape index (κ3) is 3.12. The van der Waals surface area contributed by atoms with Gasteiger partial charge in [-0.1, -0.05) is 22.9 Å². The second-order valence-corrected chi connectivity index (χ2v) is 7.10. The van der Waals surface area contributed by atoms with Gasteiger partial charge in [0.1, 0.15) is 0 Å². The minimum atomic E-state index is -3.44. The molecule has 0 aliphatic heterocycles. The maximum atomic E-state index is 12.4. The zero-order valence-electron chi connectivity index (χ0n) is 10.9. The molecule has 0 fully saturated rings. The highest BCUT2D eigenvalue weighted by molar-refractivity contribution is 9.10. The molecule has 0 aliphatic rings. The fourth-order valence-electron chi connectivity index (χ4n) is 1.70. The van der Waals surface area contributed by atoms with Crippen LogP contribution in [-0.2, 0) is 16.6 Å². The molecule has 2 N–H and O–H groups in total. The lowest BCUT2D eigenvalue weighted by molar-refractivity contribution is 0.468. The van der Waals surface area contributed by atoms with Gasteiger partial charge in [0.05, 0.1) is 4.90 Å². The van der Waals surface area contributed by atoms with Crippen LogP contribution >= 0.6 is 15.9 Å². The van der Waals surface area contributed by atoms with Gasteiger partial charge in [-0.15, -0.1) is 0 Å². The Morgan fingerprint density at radius 2 is 2.00 bits per heavy atom. The summed E-state index contributed by atoms with van der Waals surface area (Å²) in [5.74, 6) is 0. The fourth-order valence-corrected chi connectivity index (χ4v) is 3.89. The Morgan fingerprint density at radius 3 is 2.50 bits per heavy atom. The van der Waals surface area contributed by atoms with Crippen LogP contribution < -0.4 is 5.73 Å². The number of rotatable bonds is 5. The molecule has 102 valence electrons. The van der Waals surface area contributed by atoms with Crippen molar-refractivity contribution in [2.75, 3.05) is 13.6 Å². The second kappa shape index (κ2) is 6.14. The Kier molecular flexibility index (Phi) is 5.33. The third-order valence-electron chi connectivity index (χ3n) is 2.82. The Labute approximate surface area is 117 Å². The quantitative estimate of drug-likeness (QED) is 0.898. The first-order valence-electron chi connectivity index (χ1n) is 5.80. The molecule has 18 heavy (non-hydrogen) atoms. The number of benzene rings is 1. The molecule has 0 heterocycles. The summed E-state index contributed by atoms with van der Waals surface area (Å²) in [7, 11) is -1.84. The van der Waals surface area contributed by atoms with Gasteiger partial charge in [-0.25, -0.2) is 12.7 Å². The minimum absolute atomic E-state index is 0.318. The van der Waals surface area contributed by atoms with Gasteiger partial charge in [0, 0.05) is 24.6 Å². The Hall–Kier alpha value is -0.430. The van der Waals surface area contributed by atoms with Crippen LogP contribution in [0.25, 0.3) is 0 Å². The molecule has 6 heteroatoms. The van der Waals surface area contributed by atoms with Gasteiger partial charge >= 0.3 is 0 Å². The van der Waals surface area contributed by atoms with Crippen LogP contribution in [0.4, 0.5) is 0 Å². The summed E-state index contributed by atoms with van der Waals surface area (Å²) in [5.41, 5.74) is 7.11. The maximum Gasteiger partial charge on any atom is 0.243 e. The van der Waals surface area contributed by atoms with Gasteiger partial charge in [-0.3, -0.25) is 0 Å². The summed E-state index contributed by atoms with van der Waals surface area (Å²) in [6.07, 6.45) is 0.784. The van der Waals surface area contributed by atoms with E-state index in [1.54, 1.807) is 20.0 Å². The topological polar surface area (TPSA) is 63.4 Å². The monoisotopic (exact) mass is 334 g/mol. The van der Waals surface area contributed by atoms with Gasteiger partial charge in [0.2, 0.25) is 10.0 Å². The highest BCUT2D eigenvalue weighted by Crippen LogP contribution is 2.27. The fraction of sp³-hybridized carbons (Fsp3) is 0.500.